The van der Waals surface area contributed by atoms with Gasteiger partial charge < -0.3 is 9.47 Å². The first kappa shape index (κ1) is 18.2. The molecule has 2 aromatic carbocycles. The van der Waals surface area contributed by atoms with Crippen LogP contribution < -0.4 is 9.47 Å². The second-order valence-electron chi connectivity index (χ2n) is 5.70. The van der Waals surface area contributed by atoms with Gasteiger partial charge in [0.2, 0.25) is 6.79 Å². The first-order valence-corrected chi connectivity index (χ1v) is 9.28. The van der Waals surface area contributed by atoms with Gasteiger partial charge in [0.05, 0.1) is 16.5 Å². The van der Waals surface area contributed by atoms with Crippen LogP contribution in [0, 0.1) is 5.82 Å². The van der Waals surface area contributed by atoms with E-state index in [2.05, 4.69) is 0 Å². The first-order chi connectivity index (χ1) is 12.9. The van der Waals surface area contributed by atoms with E-state index in [9.17, 15) is 14.0 Å². The molecule has 9 heteroatoms. The average molecular weight is 426 g/mol. The Kier molecular flexibility index (Phi) is 4.75. The van der Waals surface area contributed by atoms with Crippen molar-refractivity contribution in [2.45, 2.75) is 6.54 Å². The molecule has 0 radical (unpaired) electrons. The number of nitrogens with zero attached hydrogens (tertiary/aromatic N) is 1. The van der Waals surface area contributed by atoms with E-state index in [1.165, 1.54) is 24.3 Å². The highest BCUT2D eigenvalue weighted by atomic mass is 35.5. The van der Waals surface area contributed by atoms with E-state index in [1.54, 1.807) is 12.1 Å². The molecule has 0 saturated carbocycles. The highest BCUT2D eigenvalue weighted by molar-refractivity contribution is 8.18. The van der Waals surface area contributed by atoms with E-state index in [4.69, 9.17) is 32.7 Å². The molecule has 5 nitrogen and oxygen atoms in total. The molecular formula is C18H10Cl2FNO4S. The van der Waals surface area contributed by atoms with Crippen molar-refractivity contribution in [3.63, 3.8) is 0 Å². The van der Waals surface area contributed by atoms with Gasteiger partial charge in [-0.25, -0.2) is 4.39 Å². The summed E-state index contributed by atoms with van der Waals surface area (Å²) in [6, 6.07) is 7.41. The monoisotopic (exact) mass is 425 g/mol. The predicted octanol–water partition coefficient (Wildman–Crippen LogP) is 5.10. The summed E-state index contributed by atoms with van der Waals surface area (Å²) in [5.74, 6) is -0.117. The number of fused-ring (bicyclic) bond motifs is 1. The zero-order valence-corrected chi connectivity index (χ0v) is 15.8. The van der Waals surface area contributed by atoms with Crippen molar-refractivity contribution >= 4 is 52.2 Å². The molecule has 0 aromatic heterocycles. The number of hydrogen-bond acceptors (Lipinski definition) is 5. The lowest BCUT2D eigenvalue weighted by Gasteiger charge is -2.14. The molecule has 1 fully saturated rings. The minimum Gasteiger partial charge on any atom is -0.454 e. The Morgan fingerprint density at radius 3 is 2.63 bits per heavy atom. The number of rotatable bonds is 3. The van der Waals surface area contributed by atoms with Crippen molar-refractivity contribution in [3.05, 3.63) is 62.2 Å². The van der Waals surface area contributed by atoms with Crippen molar-refractivity contribution < 1.29 is 23.5 Å². The Morgan fingerprint density at radius 2 is 1.89 bits per heavy atom. The molecule has 138 valence electrons. The van der Waals surface area contributed by atoms with E-state index in [1.807, 2.05) is 0 Å². The van der Waals surface area contributed by atoms with Crippen LogP contribution in [0.2, 0.25) is 10.0 Å². The Hall–Kier alpha value is -2.22. The third-order valence-corrected chi connectivity index (χ3v) is 5.61. The Labute approximate surface area is 167 Å². The predicted molar refractivity (Wildman–Crippen MR) is 100 cm³/mol. The maximum Gasteiger partial charge on any atom is 0.293 e. The molecule has 4 rings (SSSR count). The van der Waals surface area contributed by atoms with Gasteiger partial charge >= 0.3 is 0 Å². The summed E-state index contributed by atoms with van der Waals surface area (Å²) in [5, 5.41) is 0.0208. The molecule has 2 aromatic rings. The summed E-state index contributed by atoms with van der Waals surface area (Å²) in [6.45, 7) is 0.0469. The van der Waals surface area contributed by atoms with Crippen LogP contribution in [0.4, 0.5) is 9.18 Å². The standard InChI is InChI=1S/C18H10Cl2FNO4S/c19-11-2-1-3-13(21)10(11)5-16-17(23)22(18(24)27-16)7-9-4-14-15(6-12(9)20)26-8-25-14/h1-6H,7-8H2/b16-5-. The molecule has 1 saturated heterocycles. The maximum atomic E-state index is 14.0. The summed E-state index contributed by atoms with van der Waals surface area (Å²) >= 11 is 12.9. The van der Waals surface area contributed by atoms with Gasteiger partial charge in [0.15, 0.2) is 11.5 Å². The van der Waals surface area contributed by atoms with Gasteiger partial charge in [-0.1, -0.05) is 29.3 Å². The number of thioether (sulfide) groups is 1. The minimum atomic E-state index is -0.576. The second-order valence-corrected chi connectivity index (χ2v) is 7.51. The maximum absolute atomic E-state index is 14.0. The molecule has 27 heavy (non-hydrogen) atoms. The quantitative estimate of drug-likeness (QED) is 0.640. The van der Waals surface area contributed by atoms with Gasteiger partial charge in [0, 0.05) is 16.7 Å². The largest absolute Gasteiger partial charge is 0.454 e. The van der Waals surface area contributed by atoms with Gasteiger partial charge in [0.25, 0.3) is 11.1 Å². The number of amides is 2. The van der Waals surface area contributed by atoms with Crippen LogP contribution in [0.1, 0.15) is 11.1 Å². The molecule has 2 aliphatic rings. The molecule has 2 amide bonds. The smallest absolute Gasteiger partial charge is 0.293 e. The van der Waals surface area contributed by atoms with Crippen molar-refractivity contribution in [2.75, 3.05) is 6.79 Å². The number of carbonyl (C=O) groups is 2. The Morgan fingerprint density at radius 1 is 1.15 bits per heavy atom. The number of imide groups is 1. The molecule has 0 aliphatic carbocycles. The van der Waals surface area contributed by atoms with E-state index in [0.29, 0.717) is 22.1 Å². The van der Waals surface area contributed by atoms with E-state index in [-0.39, 0.29) is 28.8 Å². The zero-order valence-electron chi connectivity index (χ0n) is 13.5. The van der Waals surface area contributed by atoms with Crippen molar-refractivity contribution in [3.8, 4) is 11.5 Å². The van der Waals surface area contributed by atoms with Crippen molar-refractivity contribution in [1.29, 1.82) is 0 Å². The third-order valence-electron chi connectivity index (χ3n) is 4.02. The zero-order chi connectivity index (χ0) is 19.1. The summed E-state index contributed by atoms with van der Waals surface area (Å²) in [6.07, 6.45) is 1.28. The molecular weight excluding hydrogens is 416 g/mol. The number of halogens is 3. The van der Waals surface area contributed by atoms with Gasteiger partial charge in [-0.15, -0.1) is 0 Å². The van der Waals surface area contributed by atoms with Gasteiger partial charge in [0.1, 0.15) is 5.82 Å². The number of benzene rings is 2. The van der Waals surface area contributed by atoms with Crippen LogP contribution in [0.15, 0.2) is 35.2 Å². The van der Waals surface area contributed by atoms with Crippen LogP contribution in [0.3, 0.4) is 0 Å². The van der Waals surface area contributed by atoms with Crippen LogP contribution in [0.5, 0.6) is 11.5 Å². The molecule has 0 bridgehead atoms. The highest BCUT2D eigenvalue weighted by Gasteiger charge is 2.36. The van der Waals surface area contributed by atoms with E-state index in [0.717, 1.165) is 16.7 Å². The molecule has 0 spiro atoms. The third kappa shape index (κ3) is 3.38. The van der Waals surface area contributed by atoms with Crippen molar-refractivity contribution in [1.82, 2.24) is 4.90 Å². The Bertz CT molecular complexity index is 991. The van der Waals surface area contributed by atoms with E-state index >= 15 is 0 Å². The van der Waals surface area contributed by atoms with E-state index < -0.39 is 17.0 Å². The summed E-state index contributed by atoms with van der Waals surface area (Å²) in [7, 11) is 0. The fraction of sp³-hybridized carbons (Fsp3) is 0.111. The number of carbonyl (C=O) groups excluding carboxylic acids is 2. The topological polar surface area (TPSA) is 55.8 Å². The molecule has 2 heterocycles. The fourth-order valence-corrected chi connectivity index (χ4v) is 3.92. The van der Waals surface area contributed by atoms with Crippen LogP contribution in [-0.2, 0) is 11.3 Å². The fourth-order valence-electron chi connectivity index (χ4n) is 2.67. The van der Waals surface area contributed by atoms with Gasteiger partial charge in [-0.3, -0.25) is 14.5 Å². The molecule has 0 atom stereocenters. The van der Waals surface area contributed by atoms with Crippen LogP contribution in [-0.4, -0.2) is 22.8 Å². The lowest BCUT2D eigenvalue weighted by molar-refractivity contribution is -0.123. The molecule has 0 N–H and O–H groups in total. The first-order valence-electron chi connectivity index (χ1n) is 7.71. The second kappa shape index (κ2) is 7.07. The van der Waals surface area contributed by atoms with Gasteiger partial charge in [-0.05, 0) is 41.6 Å². The summed E-state index contributed by atoms with van der Waals surface area (Å²) < 4.78 is 24.5. The Balaban J connectivity index is 1.62. The van der Waals surface area contributed by atoms with Crippen LogP contribution >= 0.6 is 35.0 Å². The summed E-state index contributed by atoms with van der Waals surface area (Å²) in [5.41, 5.74) is 0.596. The molecule has 2 aliphatic heterocycles. The number of hydrogen-bond donors (Lipinski definition) is 0. The van der Waals surface area contributed by atoms with Gasteiger partial charge in [-0.2, -0.15) is 0 Å². The normalized spacial score (nSPS) is 17.3. The number of ether oxygens (including phenoxy) is 2. The molecule has 0 unspecified atom stereocenters. The van der Waals surface area contributed by atoms with Crippen molar-refractivity contribution in [2.24, 2.45) is 0 Å². The lowest BCUT2D eigenvalue weighted by Crippen LogP contribution is -2.27. The summed E-state index contributed by atoms with van der Waals surface area (Å²) in [4.78, 5) is 26.1. The lowest BCUT2D eigenvalue weighted by atomic mass is 10.1. The van der Waals surface area contributed by atoms with Crippen LogP contribution in [0.25, 0.3) is 6.08 Å². The SMILES string of the molecule is O=C1S/C(=C\c2c(F)cccc2Cl)C(=O)N1Cc1cc2c(cc1Cl)OCO2. The minimum absolute atomic E-state index is 0.0392. The highest BCUT2D eigenvalue weighted by Crippen LogP contribution is 2.39. The average Bonchev–Trinajstić information content (AvgIpc) is 3.17.